The van der Waals surface area contributed by atoms with Gasteiger partial charge in [0.1, 0.15) is 18.0 Å². The monoisotopic (exact) mass is 394 g/mol. The number of hydrogen-bond donors (Lipinski definition) is 1. The molecule has 0 aliphatic carbocycles. The molecule has 0 aliphatic rings. The Hall–Kier alpha value is -2.26. The highest BCUT2D eigenvalue weighted by atomic mass is 35.5. The van der Waals surface area contributed by atoms with Crippen LogP contribution in [0.3, 0.4) is 0 Å². The Morgan fingerprint density at radius 2 is 2.12 bits per heavy atom. The van der Waals surface area contributed by atoms with Crippen molar-refractivity contribution < 1.29 is 22.7 Å². The second-order valence-electron chi connectivity index (χ2n) is 4.71. The average Bonchev–Trinajstić information content (AvgIpc) is 2.93. The quantitative estimate of drug-likeness (QED) is 0.603. The molecule has 1 N–H and O–H groups in total. The minimum Gasteiger partial charge on any atom is -0.482 e. The summed E-state index contributed by atoms with van der Waals surface area (Å²) in [5, 5.41) is 7.91. The third-order valence-electron chi connectivity index (χ3n) is 2.64. The highest BCUT2D eigenvalue weighted by Gasteiger charge is 2.28. The second kappa shape index (κ2) is 8.21. The number of carbonyl (C=O) groups excluding carboxylic acids is 1. The molecule has 2 rings (SSSR count). The van der Waals surface area contributed by atoms with Crippen LogP contribution in [0.15, 0.2) is 35.6 Å². The molecule has 134 valence electrons. The summed E-state index contributed by atoms with van der Waals surface area (Å²) in [4.78, 5) is 11.6. The zero-order valence-electron chi connectivity index (χ0n) is 12.4. The normalized spacial score (nSPS) is 11.7. The fourth-order valence-electron chi connectivity index (χ4n) is 1.65. The van der Waals surface area contributed by atoms with Gasteiger partial charge in [-0.2, -0.15) is 23.4 Å². The predicted octanol–water partition coefficient (Wildman–Crippen LogP) is 3.28. The first kappa shape index (κ1) is 19.1. The Balaban J connectivity index is 1.81. The molecule has 1 amide bonds. The lowest BCUT2D eigenvalue weighted by molar-refractivity contribution is -0.142. The summed E-state index contributed by atoms with van der Waals surface area (Å²) in [7, 11) is 0. The first-order chi connectivity index (χ1) is 11.7. The van der Waals surface area contributed by atoms with E-state index in [4.69, 9.17) is 27.9 Å². The van der Waals surface area contributed by atoms with E-state index in [9.17, 15) is 18.0 Å². The topological polar surface area (TPSA) is 68.5 Å². The fraction of sp³-hybridized carbons (Fsp3) is 0.214. The van der Waals surface area contributed by atoms with Gasteiger partial charge in [-0.3, -0.25) is 9.48 Å². The van der Waals surface area contributed by atoms with E-state index < -0.39 is 18.6 Å². The SMILES string of the molecule is O=C(COc1cc(Cl)ccc1Cl)N/N=C/c1ccn(CC(F)(F)F)n1. The maximum absolute atomic E-state index is 12.2. The van der Waals surface area contributed by atoms with Crippen LogP contribution >= 0.6 is 23.2 Å². The highest BCUT2D eigenvalue weighted by Crippen LogP contribution is 2.27. The van der Waals surface area contributed by atoms with Crippen LogP contribution in [-0.4, -0.2) is 34.7 Å². The van der Waals surface area contributed by atoms with Crippen molar-refractivity contribution in [3.05, 3.63) is 46.2 Å². The summed E-state index contributed by atoms with van der Waals surface area (Å²) in [5.74, 6) is -0.360. The molecule has 0 radical (unpaired) electrons. The number of nitrogens with zero attached hydrogens (tertiary/aromatic N) is 3. The van der Waals surface area contributed by atoms with Crippen LogP contribution in [-0.2, 0) is 11.3 Å². The smallest absolute Gasteiger partial charge is 0.408 e. The molecule has 0 bridgehead atoms. The summed E-state index contributed by atoms with van der Waals surface area (Å²) in [5.41, 5.74) is 2.31. The first-order valence-electron chi connectivity index (χ1n) is 6.73. The number of nitrogens with one attached hydrogen (secondary N) is 1. The van der Waals surface area contributed by atoms with Crippen molar-refractivity contribution in [3.63, 3.8) is 0 Å². The summed E-state index contributed by atoms with van der Waals surface area (Å²) in [6.07, 6.45) is -2.11. The van der Waals surface area contributed by atoms with E-state index >= 15 is 0 Å². The van der Waals surface area contributed by atoms with Gasteiger partial charge in [-0.1, -0.05) is 23.2 Å². The summed E-state index contributed by atoms with van der Waals surface area (Å²) < 4.78 is 42.5. The molecule has 0 saturated carbocycles. The van der Waals surface area contributed by atoms with Crippen LogP contribution in [0, 0.1) is 0 Å². The van der Waals surface area contributed by atoms with Gasteiger partial charge >= 0.3 is 6.18 Å². The second-order valence-corrected chi connectivity index (χ2v) is 5.55. The van der Waals surface area contributed by atoms with Gasteiger partial charge in [0.25, 0.3) is 5.91 Å². The molecule has 0 spiro atoms. The number of aromatic nitrogens is 2. The minimum atomic E-state index is -4.37. The number of alkyl halides is 3. The van der Waals surface area contributed by atoms with Gasteiger partial charge in [0.2, 0.25) is 0 Å². The maximum atomic E-state index is 12.2. The predicted molar refractivity (Wildman–Crippen MR) is 86.0 cm³/mol. The van der Waals surface area contributed by atoms with Gasteiger partial charge in [0, 0.05) is 17.3 Å². The van der Waals surface area contributed by atoms with E-state index in [1.165, 1.54) is 18.2 Å². The van der Waals surface area contributed by atoms with Crippen LogP contribution in [0.25, 0.3) is 0 Å². The Kier molecular flexibility index (Phi) is 6.27. The molecule has 0 aliphatic heterocycles. The number of benzene rings is 1. The van der Waals surface area contributed by atoms with Crippen LogP contribution in [0.1, 0.15) is 5.69 Å². The molecule has 11 heteroatoms. The van der Waals surface area contributed by atoms with E-state index in [0.29, 0.717) is 9.70 Å². The average molecular weight is 395 g/mol. The molecule has 0 saturated heterocycles. The summed E-state index contributed by atoms with van der Waals surface area (Å²) in [6, 6.07) is 5.86. The number of hydrazone groups is 1. The highest BCUT2D eigenvalue weighted by molar-refractivity contribution is 6.34. The third kappa shape index (κ3) is 6.63. The molecule has 0 unspecified atom stereocenters. The number of hydrogen-bond acceptors (Lipinski definition) is 4. The van der Waals surface area contributed by atoms with Crippen molar-refractivity contribution in [2.24, 2.45) is 5.10 Å². The molecule has 0 atom stereocenters. The van der Waals surface area contributed by atoms with Crippen LogP contribution in [0.4, 0.5) is 13.2 Å². The molecule has 1 aromatic carbocycles. The Bertz CT molecular complexity index is 778. The molecule has 6 nitrogen and oxygen atoms in total. The van der Waals surface area contributed by atoms with Crippen molar-refractivity contribution in [2.75, 3.05) is 6.61 Å². The maximum Gasteiger partial charge on any atom is 0.408 e. The molecule has 0 fully saturated rings. The zero-order chi connectivity index (χ0) is 18.4. The standard InChI is InChI=1S/C14H11Cl2F3N4O2/c15-9-1-2-11(16)12(5-9)25-7-13(24)21-20-6-10-3-4-23(22-10)8-14(17,18)19/h1-6H,7-8H2,(H,21,24)/b20-6+. The van der Waals surface area contributed by atoms with E-state index in [1.54, 1.807) is 6.07 Å². The number of ether oxygens (including phenoxy) is 1. The zero-order valence-corrected chi connectivity index (χ0v) is 13.9. The fourth-order valence-corrected chi connectivity index (χ4v) is 1.99. The van der Waals surface area contributed by atoms with E-state index in [0.717, 1.165) is 12.4 Å². The largest absolute Gasteiger partial charge is 0.482 e. The number of carbonyl (C=O) groups is 1. The molecular formula is C14H11Cl2F3N4O2. The molecule has 2 aromatic rings. The summed E-state index contributed by atoms with van der Waals surface area (Å²) in [6.45, 7) is -1.58. The lowest BCUT2D eigenvalue weighted by atomic mass is 10.3. The van der Waals surface area contributed by atoms with E-state index in [1.807, 2.05) is 0 Å². The summed E-state index contributed by atoms with van der Waals surface area (Å²) >= 11 is 11.7. The molecule has 1 aromatic heterocycles. The van der Waals surface area contributed by atoms with Gasteiger partial charge in [0.15, 0.2) is 6.61 Å². The van der Waals surface area contributed by atoms with Gasteiger partial charge in [0.05, 0.1) is 11.2 Å². The van der Waals surface area contributed by atoms with Gasteiger partial charge in [-0.05, 0) is 18.2 Å². The lowest BCUT2D eigenvalue weighted by Gasteiger charge is -2.07. The van der Waals surface area contributed by atoms with Crippen molar-refractivity contribution >= 4 is 35.3 Å². The van der Waals surface area contributed by atoms with Crippen LogP contribution < -0.4 is 10.2 Å². The minimum absolute atomic E-state index is 0.156. The molecule has 25 heavy (non-hydrogen) atoms. The van der Waals surface area contributed by atoms with Crippen molar-refractivity contribution in [3.8, 4) is 5.75 Å². The van der Waals surface area contributed by atoms with Crippen LogP contribution in [0.2, 0.25) is 10.0 Å². The lowest BCUT2D eigenvalue weighted by Crippen LogP contribution is -2.24. The Morgan fingerprint density at radius 1 is 1.36 bits per heavy atom. The third-order valence-corrected chi connectivity index (χ3v) is 3.19. The van der Waals surface area contributed by atoms with E-state index in [-0.39, 0.29) is 23.1 Å². The molecular weight excluding hydrogens is 384 g/mol. The van der Waals surface area contributed by atoms with Crippen molar-refractivity contribution in [2.45, 2.75) is 12.7 Å². The van der Waals surface area contributed by atoms with Crippen LogP contribution in [0.5, 0.6) is 5.75 Å². The Labute approximate surface area is 150 Å². The number of halogens is 5. The van der Waals surface area contributed by atoms with Crippen molar-refractivity contribution in [1.82, 2.24) is 15.2 Å². The van der Waals surface area contributed by atoms with E-state index in [2.05, 4.69) is 15.6 Å². The molecule has 1 heterocycles. The van der Waals surface area contributed by atoms with Gasteiger partial charge in [-0.25, -0.2) is 5.43 Å². The number of rotatable bonds is 6. The first-order valence-corrected chi connectivity index (χ1v) is 7.48. The van der Waals surface area contributed by atoms with Crippen molar-refractivity contribution in [1.29, 1.82) is 0 Å². The number of amides is 1. The van der Waals surface area contributed by atoms with Gasteiger partial charge in [-0.15, -0.1) is 0 Å². The Morgan fingerprint density at radius 3 is 2.84 bits per heavy atom. The van der Waals surface area contributed by atoms with Gasteiger partial charge < -0.3 is 4.74 Å².